The first-order valence-electron chi connectivity index (χ1n) is 6.66. The molecule has 0 radical (unpaired) electrons. The number of non-ortho nitro benzene ring substituents is 1. The smallest absolute Gasteiger partial charge is 0.406 e. The second-order valence-corrected chi connectivity index (χ2v) is 4.58. The quantitative estimate of drug-likeness (QED) is 0.560. The van der Waals surface area contributed by atoms with Crippen LogP contribution in [0.1, 0.15) is 0 Å². The Kier molecular flexibility index (Phi) is 5.27. The molecule has 0 unspecified atom stereocenters. The van der Waals surface area contributed by atoms with Gasteiger partial charge in [-0.3, -0.25) is 21.0 Å². The van der Waals surface area contributed by atoms with Gasteiger partial charge < -0.3 is 10.1 Å². The number of hydrogen-bond donors (Lipinski definition) is 3. The van der Waals surface area contributed by atoms with E-state index < -0.39 is 23.1 Å². The molecule has 0 saturated carbocycles. The number of hydrazine groups is 1. The Labute approximate surface area is 138 Å². The summed E-state index contributed by atoms with van der Waals surface area (Å²) < 4.78 is 39.8. The van der Waals surface area contributed by atoms with Crippen LogP contribution in [0.15, 0.2) is 48.5 Å². The van der Waals surface area contributed by atoms with Crippen LogP contribution < -0.4 is 20.9 Å². The summed E-state index contributed by atoms with van der Waals surface area (Å²) in [6.45, 7) is 0. The third kappa shape index (κ3) is 5.89. The predicted molar refractivity (Wildman–Crippen MR) is 82.0 cm³/mol. The fourth-order valence-corrected chi connectivity index (χ4v) is 1.73. The molecule has 0 fully saturated rings. The Balaban J connectivity index is 1.87. The first kappa shape index (κ1) is 17.8. The lowest BCUT2D eigenvalue weighted by Gasteiger charge is -2.11. The van der Waals surface area contributed by atoms with E-state index >= 15 is 0 Å². The van der Waals surface area contributed by atoms with E-state index in [9.17, 15) is 28.1 Å². The van der Waals surface area contributed by atoms with E-state index in [1.54, 1.807) is 0 Å². The lowest BCUT2D eigenvalue weighted by molar-refractivity contribution is -0.384. The van der Waals surface area contributed by atoms with Crippen LogP contribution in [0.3, 0.4) is 0 Å². The molecule has 0 aromatic heterocycles. The van der Waals surface area contributed by atoms with E-state index in [4.69, 9.17) is 0 Å². The minimum Gasteiger partial charge on any atom is -0.406 e. The number of carbonyl (C=O) groups excluding carboxylic acids is 1. The maximum absolute atomic E-state index is 12.0. The minimum absolute atomic E-state index is 0.189. The van der Waals surface area contributed by atoms with Crippen LogP contribution in [0.2, 0.25) is 0 Å². The Morgan fingerprint density at radius 1 is 1.08 bits per heavy atom. The van der Waals surface area contributed by atoms with E-state index in [1.807, 2.05) is 0 Å². The summed E-state index contributed by atoms with van der Waals surface area (Å²) in [5.41, 5.74) is 4.99. The van der Waals surface area contributed by atoms with Crippen molar-refractivity contribution in [3.05, 3.63) is 58.6 Å². The van der Waals surface area contributed by atoms with Gasteiger partial charge in [-0.25, -0.2) is 4.79 Å². The van der Waals surface area contributed by atoms with Crippen molar-refractivity contribution in [3.8, 4) is 5.75 Å². The third-order valence-electron chi connectivity index (χ3n) is 2.72. The number of nitrogens with zero attached hydrogens (tertiary/aromatic N) is 1. The summed E-state index contributed by atoms with van der Waals surface area (Å²) in [6, 6.07) is 9.22. The van der Waals surface area contributed by atoms with Crippen molar-refractivity contribution in [2.24, 2.45) is 0 Å². The lowest BCUT2D eigenvalue weighted by atomic mass is 10.3. The number of anilines is 2. The highest BCUT2D eigenvalue weighted by atomic mass is 19.4. The fraction of sp³-hybridized carbons (Fsp3) is 0.0714. The standard InChI is InChI=1S/C14H11F3N4O4/c15-14(16,17)25-12-6-4-9(5-7-12)19-20-13(22)18-10-2-1-3-11(8-10)21(23)24/h1-8,19H,(H2,18,20,22). The zero-order valence-electron chi connectivity index (χ0n) is 12.3. The molecule has 3 N–H and O–H groups in total. The highest BCUT2D eigenvalue weighted by Crippen LogP contribution is 2.23. The summed E-state index contributed by atoms with van der Waals surface area (Å²) in [5, 5.41) is 13.0. The van der Waals surface area contributed by atoms with Gasteiger partial charge in [0.1, 0.15) is 5.75 Å². The second kappa shape index (κ2) is 7.38. The summed E-state index contributed by atoms with van der Waals surface area (Å²) in [5.74, 6) is -0.404. The first-order valence-corrected chi connectivity index (χ1v) is 6.66. The molecule has 0 saturated heterocycles. The highest BCUT2D eigenvalue weighted by Gasteiger charge is 2.30. The Morgan fingerprint density at radius 2 is 1.76 bits per heavy atom. The number of amides is 2. The summed E-state index contributed by atoms with van der Waals surface area (Å²) >= 11 is 0. The number of hydrogen-bond acceptors (Lipinski definition) is 5. The van der Waals surface area contributed by atoms with Gasteiger partial charge >= 0.3 is 12.4 Å². The average Bonchev–Trinajstić information content (AvgIpc) is 2.53. The maximum atomic E-state index is 12.0. The molecule has 8 nitrogen and oxygen atoms in total. The number of nitro benzene ring substituents is 1. The molecule has 2 aromatic rings. The van der Waals surface area contributed by atoms with Crippen LogP contribution in [0.25, 0.3) is 0 Å². The van der Waals surface area contributed by atoms with Gasteiger partial charge in [-0.1, -0.05) is 6.07 Å². The van der Waals surface area contributed by atoms with Gasteiger partial charge in [0.15, 0.2) is 0 Å². The van der Waals surface area contributed by atoms with E-state index in [-0.39, 0.29) is 11.4 Å². The van der Waals surface area contributed by atoms with Crippen LogP contribution in [0, 0.1) is 10.1 Å². The van der Waals surface area contributed by atoms with Gasteiger partial charge in [-0.15, -0.1) is 13.2 Å². The Bertz CT molecular complexity index is 765. The topological polar surface area (TPSA) is 106 Å². The predicted octanol–water partition coefficient (Wildman–Crippen LogP) is 3.64. The van der Waals surface area contributed by atoms with Crippen molar-refractivity contribution in [3.63, 3.8) is 0 Å². The van der Waals surface area contributed by atoms with Crippen LogP contribution in [0.5, 0.6) is 5.75 Å². The Morgan fingerprint density at radius 3 is 2.36 bits per heavy atom. The average molecular weight is 356 g/mol. The van der Waals surface area contributed by atoms with E-state index in [0.717, 1.165) is 12.1 Å². The molecule has 0 aliphatic carbocycles. The maximum Gasteiger partial charge on any atom is 0.573 e. The molecule has 0 heterocycles. The lowest BCUT2D eigenvalue weighted by Crippen LogP contribution is -2.33. The number of carbonyl (C=O) groups is 1. The van der Waals surface area contributed by atoms with Gasteiger partial charge in [0.2, 0.25) is 0 Å². The second-order valence-electron chi connectivity index (χ2n) is 4.58. The molecular formula is C14H11F3N4O4. The molecule has 0 atom stereocenters. The van der Waals surface area contributed by atoms with Gasteiger partial charge in [-0.2, -0.15) is 0 Å². The molecule has 2 aromatic carbocycles. The Hall–Kier alpha value is -3.50. The molecule has 0 bridgehead atoms. The number of alkyl halides is 3. The number of benzene rings is 2. The van der Waals surface area contributed by atoms with E-state index in [2.05, 4.69) is 20.9 Å². The van der Waals surface area contributed by atoms with Gasteiger partial charge in [0.25, 0.3) is 5.69 Å². The van der Waals surface area contributed by atoms with Crippen molar-refractivity contribution in [2.45, 2.75) is 6.36 Å². The first-order chi connectivity index (χ1) is 11.7. The number of nitro groups is 1. The number of rotatable bonds is 5. The number of nitrogens with one attached hydrogen (secondary N) is 3. The molecule has 132 valence electrons. The fourth-order valence-electron chi connectivity index (χ4n) is 1.73. The summed E-state index contributed by atoms with van der Waals surface area (Å²) in [4.78, 5) is 21.7. The molecule has 0 aliphatic heterocycles. The van der Waals surface area contributed by atoms with Crippen molar-refractivity contribution >= 4 is 23.1 Å². The number of urea groups is 1. The largest absolute Gasteiger partial charge is 0.573 e. The monoisotopic (exact) mass is 356 g/mol. The summed E-state index contributed by atoms with van der Waals surface area (Å²) in [6.07, 6.45) is -4.79. The summed E-state index contributed by atoms with van der Waals surface area (Å²) in [7, 11) is 0. The van der Waals surface area contributed by atoms with Crippen molar-refractivity contribution in [1.82, 2.24) is 5.43 Å². The van der Waals surface area contributed by atoms with Crippen molar-refractivity contribution < 1.29 is 27.6 Å². The number of ether oxygens (including phenoxy) is 1. The molecule has 0 aliphatic rings. The number of halogens is 3. The van der Waals surface area contributed by atoms with Crippen LogP contribution in [-0.2, 0) is 0 Å². The van der Waals surface area contributed by atoms with Gasteiger partial charge in [0, 0.05) is 17.8 Å². The van der Waals surface area contributed by atoms with Gasteiger partial charge in [-0.05, 0) is 30.3 Å². The molecule has 2 amide bonds. The van der Waals surface area contributed by atoms with Gasteiger partial charge in [0.05, 0.1) is 10.6 Å². The van der Waals surface area contributed by atoms with Crippen molar-refractivity contribution in [1.29, 1.82) is 0 Å². The van der Waals surface area contributed by atoms with Crippen LogP contribution >= 0.6 is 0 Å². The normalized spacial score (nSPS) is 10.7. The van der Waals surface area contributed by atoms with Crippen LogP contribution in [-0.4, -0.2) is 17.3 Å². The van der Waals surface area contributed by atoms with E-state index in [1.165, 1.54) is 36.4 Å². The van der Waals surface area contributed by atoms with E-state index in [0.29, 0.717) is 5.69 Å². The molecule has 2 rings (SSSR count). The molecule has 11 heteroatoms. The molecule has 0 spiro atoms. The highest BCUT2D eigenvalue weighted by molar-refractivity contribution is 5.90. The zero-order valence-corrected chi connectivity index (χ0v) is 12.3. The third-order valence-corrected chi connectivity index (χ3v) is 2.72. The molecule has 25 heavy (non-hydrogen) atoms. The zero-order chi connectivity index (χ0) is 18.4. The SMILES string of the molecule is O=C(NNc1ccc(OC(F)(F)F)cc1)Nc1cccc([N+](=O)[O-])c1. The van der Waals surface area contributed by atoms with Crippen molar-refractivity contribution in [2.75, 3.05) is 10.7 Å². The minimum atomic E-state index is -4.79. The van der Waals surface area contributed by atoms with Crippen LogP contribution in [0.4, 0.5) is 35.0 Å². The molecular weight excluding hydrogens is 345 g/mol.